The molecule has 0 unspecified atom stereocenters. The number of carboxylic acid groups (broad SMARTS) is 1. The molecule has 3 amide bonds. The molecule has 99 heavy (non-hydrogen) atoms. The molecule has 0 aliphatic carbocycles. The average molecular weight is 1390 g/mol. The highest BCUT2D eigenvalue weighted by atomic mass is 32.1. The normalized spacial score (nSPS) is 20.2. The molecule has 0 saturated carbocycles. The van der Waals surface area contributed by atoms with E-state index in [0.717, 1.165) is 80.0 Å². The zero-order valence-corrected chi connectivity index (χ0v) is 60.7. The summed E-state index contributed by atoms with van der Waals surface area (Å²) in [5, 5.41) is 30.0. The molecule has 24 heteroatoms. The lowest BCUT2D eigenvalue weighted by molar-refractivity contribution is -0.141. The van der Waals surface area contributed by atoms with Crippen LogP contribution in [0.5, 0.6) is 11.8 Å². The number of rotatable bonds is 22. The fraction of sp³-hybridized carbons (Fsp3) is 0.547. The third-order valence-electron chi connectivity index (χ3n) is 21.9. The van der Waals surface area contributed by atoms with Crippen LogP contribution < -0.4 is 24.6 Å². The summed E-state index contributed by atoms with van der Waals surface area (Å²) in [5.74, 6) is 3.64. The maximum Gasteiger partial charge on any atom is 0.407 e. The quantitative estimate of drug-likeness (QED) is 0.0326. The number of nitrogens with zero attached hydrogens (tertiary/aromatic N) is 10. The van der Waals surface area contributed by atoms with Crippen molar-refractivity contribution in [3.63, 3.8) is 0 Å². The number of anilines is 2. The molecular formula is C75H95F2N11O9SSi. The lowest BCUT2D eigenvalue weighted by atomic mass is 9.83. The molecule has 6 atom stereocenters. The number of likely N-dealkylation sites (tertiary alicyclic amines) is 2. The Morgan fingerprint density at radius 1 is 0.828 bits per heavy atom. The van der Waals surface area contributed by atoms with Gasteiger partial charge in [0.15, 0.2) is 24.2 Å². The summed E-state index contributed by atoms with van der Waals surface area (Å²) in [7, 11) is -0.854. The molecule has 5 aliphatic heterocycles. The maximum atomic E-state index is 18.1. The number of thiazole rings is 1. The summed E-state index contributed by atoms with van der Waals surface area (Å²) in [6.07, 6.45) is 6.49. The van der Waals surface area contributed by atoms with Crippen molar-refractivity contribution in [2.24, 2.45) is 17.8 Å². The van der Waals surface area contributed by atoms with Crippen LogP contribution in [0.25, 0.3) is 43.4 Å². The summed E-state index contributed by atoms with van der Waals surface area (Å²) in [5.41, 5.74) is 9.65. The molecule has 5 fully saturated rings. The first-order valence-electron chi connectivity index (χ1n) is 35.4. The Morgan fingerprint density at radius 3 is 2.15 bits per heavy atom. The van der Waals surface area contributed by atoms with Crippen molar-refractivity contribution in [2.45, 2.75) is 173 Å². The van der Waals surface area contributed by atoms with Crippen LogP contribution in [0.2, 0.25) is 16.6 Å². The van der Waals surface area contributed by atoms with Crippen molar-refractivity contribution < 1.29 is 52.1 Å². The Hall–Kier alpha value is -7.82. The number of aromatic nitrogens is 5. The Bertz CT molecular complexity index is 4090. The van der Waals surface area contributed by atoms with Gasteiger partial charge in [-0.1, -0.05) is 96.8 Å². The SMILES string of the molecule is COCOc1cc(-c2ncc3c(N4C[C@H]5CC[C@@H](C4)N5C(=O)O)nc(OCCN4CCC(CC5CCN(c6cc([C@H](C(=O)N7C[C@H](O)C[C@H]7C(=O)N[C@@H](C)c7ccc(-c8scnc8C)cc7)C(C)C)on6)CC5)CC4)nc3c2F)c2c(C#C[Si](C(C)C)(C(C)C)C(C)C)c(F)ccc2c1. The summed E-state index contributed by atoms with van der Waals surface area (Å²) in [4.78, 5) is 70.6. The largest absolute Gasteiger partial charge is 0.468 e. The fourth-order valence-corrected chi connectivity index (χ4v) is 22.7. The average Bonchev–Trinajstić information content (AvgIpc) is 0.974. The van der Waals surface area contributed by atoms with Gasteiger partial charge in [-0.05, 0) is 141 Å². The van der Waals surface area contributed by atoms with E-state index in [2.05, 4.69) is 78.3 Å². The number of carbonyl (C=O) groups excluding carboxylic acids is 2. The minimum absolute atomic E-state index is 0.0143. The highest BCUT2D eigenvalue weighted by Gasteiger charge is 2.46. The Labute approximate surface area is 584 Å². The van der Waals surface area contributed by atoms with Gasteiger partial charge in [0.25, 0.3) is 0 Å². The van der Waals surface area contributed by atoms with Gasteiger partial charge in [-0.3, -0.25) is 24.4 Å². The Balaban J connectivity index is 0.691. The molecule has 3 aromatic carbocycles. The maximum absolute atomic E-state index is 18.1. The van der Waals surface area contributed by atoms with Gasteiger partial charge in [0.05, 0.1) is 51.3 Å². The van der Waals surface area contributed by atoms with Crippen LogP contribution >= 0.6 is 11.3 Å². The number of aliphatic hydroxyl groups excluding tert-OH is 1. The van der Waals surface area contributed by atoms with Crippen LogP contribution in [0.3, 0.4) is 0 Å². The molecule has 12 rings (SSSR count). The zero-order chi connectivity index (χ0) is 70.1. The number of halogens is 2. The molecule has 0 spiro atoms. The van der Waals surface area contributed by atoms with Crippen molar-refractivity contribution in [1.29, 1.82) is 0 Å². The molecule has 7 aromatic rings. The first kappa shape index (κ1) is 71.0. The molecule has 4 aromatic heterocycles. The van der Waals surface area contributed by atoms with E-state index in [1.165, 1.54) is 23.0 Å². The monoisotopic (exact) mass is 1390 g/mol. The third-order valence-corrected chi connectivity index (χ3v) is 29.2. The second kappa shape index (κ2) is 30.2. The predicted molar refractivity (Wildman–Crippen MR) is 383 cm³/mol. The number of hydrogen-bond acceptors (Lipinski definition) is 17. The van der Waals surface area contributed by atoms with Gasteiger partial charge < -0.3 is 49.0 Å². The zero-order valence-electron chi connectivity index (χ0n) is 58.9. The number of aryl methyl sites for hydroxylation is 1. The van der Waals surface area contributed by atoms with Gasteiger partial charge >= 0.3 is 12.1 Å². The smallest absolute Gasteiger partial charge is 0.407 e. The number of pyridine rings is 1. The number of aliphatic hydroxyl groups is 1. The first-order chi connectivity index (χ1) is 47.5. The van der Waals surface area contributed by atoms with Crippen LogP contribution in [0.1, 0.15) is 148 Å². The van der Waals surface area contributed by atoms with Gasteiger partial charge in [-0.15, -0.1) is 16.9 Å². The summed E-state index contributed by atoms with van der Waals surface area (Å²) in [6.45, 7) is 25.9. The van der Waals surface area contributed by atoms with E-state index >= 15 is 8.78 Å². The van der Waals surface area contributed by atoms with E-state index < -0.39 is 43.9 Å². The number of nitrogens with one attached hydrogen (secondary N) is 1. The van der Waals surface area contributed by atoms with Gasteiger partial charge in [-0.2, -0.15) is 9.97 Å². The number of ether oxygens (including phenoxy) is 3. The minimum Gasteiger partial charge on any atom is -0.468 e. The molecule has 5 aliphatic rings. The molecular weight excluding hydrogens is 1300 g/mol. The number of carbonyl (C=O) groups is 3. The van der Waals surface area contributed by atoms with E-state index in [9.17, 15) is 24.6 Å². The van der Waals surface area contributed by atoms with E-state index in [4.69, 9.17) is 33.7 Å². The number of piperazine rings is 1. The number of amides is 3. The molecule has 3 N–H and O–H groups in total. The number of β-amino-alcohol motifs (C(OH)–C–C–N with tert-alkyl or cyclic N) is 1. The number of fused-ring (bicyclic) bond motifs is 4. The van der Waals surface area contributed by atoms with Gasteiger partial charge in [-0.25, -0.2) is 18.6 Å². The summed E-state index contributed by atoms with van der Waals surface area (Å²) >= 11 is 1.59. The Morgan fingerprint density at radius 2 is 1.52 bits per heavy atom. The second-order valence-electron chi connectivity index (χ2n) is 29.3. The number of methoxy groups -OCH3 is 1. The highest BCUT2D eigenvalue weighted by Crippen LogP contribution is 2.45. The lowest BCUT2D eigenvalue weighted by Crippen LogP contribution is -2.55. The predicted octanol–water partition coefficient (Wildman–Crippen LogP) is 13.4. The lowest BCUT2D eigenvalue weighted by Gasteiger charge is -2.40. The fourth-order valence-electron chi connectivity index (χ4n) is 16.7. The van der Waals surface area contributed by atoms with E-state index in [1.54, 1.807) is 35.7 Å². The summed E-state index contributed by atoms with van der Waals surface area (Å²) in [6, 6.07) is 14.7. The molecule has 9 heterocycles. The number of benzene rings is 3. The van der Waals surface area contributed by atoms with E-state index in [0.29, 0.717) is 83.6 Å². The molecule has 2 bridgehead atoms. The standard InChI is InChI=1S/C75H95F2N11O9SSi/c1-43(2)65(73(91)87-40-56(89)34-62(87)72(90)80-47(9)51-12-14-52(15-13-51)70-48(10)79-41-98-70)63-36-64(83-97-63)85-27-22-50(23-28-85)32-49-20-25-84(26-21-49)29-30-95-74-81-69-60(71(82-74)86-38-54-17-18-55(39-86)88(54)75(92)93)37-78-68(67(69)77)59-35-57(96-42-94-11)33-53-16-19-61(76)58(66(53)59)24-31-99(44(3)4,45(5)6)46(7)8/h12-16,19,33,35-37,41,43-47,49-50,54-56,62,65,89H,17-18,20-23,25-30,32,34,38-40,42H2,1-11H3,(H,80,90)(H,92,93)/t47-,54-,55+,56+,62-,65+/m0/s1. The first-order valence-corrected chi connectivity index (χ1v) is 38.5. The molecule has 528 valence electrons. The topological polar surface area (TPSA) is 225 Å². The minimum atomic E-state index is -2.36. The van der Waals surface area contributed by atoms with Gasteiger partial charge in [0, 0.05) is 76.0 Å². The summed E-state index contributed by atoms with van der Waals surface area (Å²) < 4.78 is 58.3. The van der Waals surface area contributed by atoms with Gasteiger partial charge in [0.1, 0.15) is 55.2 Å². The van der Waals surface area contributed by atoms with Crippen LogP contribution in [0.4, 0.5) is 25.2 Å². The van der Waals surface area contributed by atoms with Gasteiger partial charge in [0.2, 0.25) is 11.8 Å². The van der Waals surface area contributed by atoms with Crippen LogP contribution in [-0.4, -0.2) is 173 Å². The number of hydrogen-bond donors (Lipinski definition) is 3. The molecule has 20 nitrogen and oxygen atoms in total. The van der Waals surface area contributed by atoms with Crippen LogP contribution in [0.15, 0.2) is 70.8 Å². The van der Waals surface area contributed by atoms with Crippen molar-refractivity contribution in [2.75, 3.05) is 82.7 Å². The molecule has 0 radical (unpaired) electrons. The van der Waals surface area contributed by atoms with E-state index in [-0.39, 0.29) is 107 Å². The van der Waals surface area contributed by atoms with Crippen LogP contribution in [0, 0.1) is 47.8 Å². The van der Waals surface area contributed by atoms with E-state index in [1.807, 2.05) is 68.4 Å². The molecule has 5 saturated heterocycles. The van der Waals surface area contributed by atoms with Crippen molar-refractivity contribution in [1.82, 2.24) is 45.1 Å². The third kappa shape index (κ3) is 14.7. The van der Waals surface area contributed by atoms with Crippen molar-refractivity contribution >= 4 is 70.6 Å². The Kier molecular flexibility index (Phi) is 21.6. The number of piperidine rings is 2. The van der Waals surface area contributed by atoms with Crippen molar-refractivity contribution in [3.05, 3.63) is 101 Å². The highest BCUT2D eigenvalue weighted by molar-refractivity contribution is 7.13. The van der Waals surface area contributed by atoms with Crippen LogP contribution in [-0.2, 0) is 14.3 Å². The van der Waals surface area contributed by atoms with Crippen molar-refractivity contribution in [3.8, 4) is 44.9 Å². The second-order valence-corrected chi connectivity index (χ2v) is 35.7.